The van der Waals surface area contributed by atoms with Gasteiger partial charge in [-0.3, -0.25) is 5.10 Å². The lowest BCUT2D eigenvalue weighted by Gasteiger charge is -2.41. The molecule has 0 spiro atoms. The minimum Gasteiger partial charge on any atom is -0.438 e. The summed E-state index contributed by atoms with van der Waals surface area (Å²) in [6.07, 6.45) is 7.70. The summed E-state index contributed by atoms with van der Waals surface area (Å²) in [7, 11) is 0. The first kappa shape index (κ1) is 23.7. The molecule has 0 atom stereocenters. The van der Waals surface area contributed by atoms with Crippen LogP contribution in [0.4, 0.5) is 26.8 Å². The van der Waals surface area contributed by atoms with Gasteiger partial charge < -0.3 is 20.7 Å². The summed E-state index contributed by atoms with van der Waals surface area (Å²) >= 11 is 0. The third kappa shape index (κ3) is 4.36. The summed E-state index contributed by atoms with van der Waals surface area (Å²) in [4.78, 5) is 23.4. The van der Waals surface area contributed by atoms with E-state index in [4.69, 9.17) is 26.9 Å². The van der Waals surface area contributed by atoms with Crippen LogP contribution in [-0.4, -0.2) is 39.3 Å². The molecule has 2 fully saturated rings. The molecule has 1 amide bonds. The van der Waals surface area contributed by atoms with Crippen molar-refractivity contribution in [1.82, 2.24) is 20.2 Å². The van der Waals surface area contributed by atoms with Gasteiger partial charge in [-0.2, -0.15) is 10.1 Å². The molecule has 38 heavy (non-hydrogen) atoms. The van der Waals surface area contributed by atoms with Crippen molar-refractivity contribution in [3.05, 3.63) is 71.2 Å². The Morgan fingerprint density at radius 2 is 1.92 bits per heavy atom. The van der Waals surface area contributed by atoms with E-state index in [2.05, 4.69) is 21.4 Å². The normalized spacial score (nSPS) is 16.7. The largest absolute Gasteiger partial charge is 0.438 e. The van der Waals surface area contributed by atoms with Crippen LogP contribution >= 0.6 is 0 Å². The van der Waals surface area contributed by atoms with E-state index >= 15 is 4.39 Å². The molecule has 2 aromatic carbocycles. The van der Waals surface area contributed by atoms with Crippen LogP contribution in [0.5, 0.6) is 0 Å². The number of hydrogen-bond donors (Lipinski definition) is 3. The first-order chi connectivity index (χ1) is 18.5. The number of hydrogen-bond acceptors (Lipinski definition) is 7. The number of carbonyl (C=O) groups is 1. The fraction of sp³-hybridized carbons (Fsp3) is 0.286. The lowest BCUT2D eigenvalue weighted by Crippen LogP contribution is -2.46. The number of carbonyl (C=O) groups excluding carboxylic acids is 1. The fourth-order valence-corrected chi connectivity index (χ4v) is 5.07. The average Bonchev–Trinajstić information content (AvgIpc) is 3.72. The third-order valence-corrected chi connectivity index (χ3v) is 7.26. The quantitative estimate of drug-likeness (QED) is 0.321. The highest BCUT2D eigenvalue weighted by Gasteiger charge is 2.40. The number of rotatable bonds is 6. The number of nitrogens with one attached hydrogen (secondary N) is 2. The van der Waals surface area contributed by atoms with Gasteiger partial charge in [0.15, 0.2) is 11.6 Å². The zero-order valence-electron chi connectivity index (χ0n) is 20.6. The van der Waals surface area contributed by atoms with Gasteiger partial charge in [0.2, 0.25) is 5.95 Å². The number of terminal acetylenes is 1. The molecule has 10 heteroatoms. The smallest absolute Gasteiger partial charge is 0.405 e. The Balaban J connectivity index is 1.33. The summed E-state index contributed by atoms with van der Waals surface area (Å²) < 4.78 is 20.7. The van der Waals surface area contributed by atoms with Crippen molar-refractivity contribution >= 4 is 34.6 Å². The first-order valence-electron chi connectivity index (χ1n) is 12.5. The zero-order valence-corrected chi connectivity index (χ0v) is 20.6. The molecule has 192 valence electrons. The van der Waals surface area contributed by atoms with Crippen molar-refractivity contribution in [3.63, 3.8) is 0 Å². The topological polar surface area (TPSA) is 122 Å². The number of amides is 1. The van der Waals surface area contributed by atoms with Crippen molar-refractivity contribution in [1.29, 1.82) is 0 Å². The monoisotopic (exact) mass is 511 g/mol. The second-order valence-corrected chi connectivity index (χ2v) is 9.72. The molecule has 9 nitrogen and oxygen atoms in total. The molecule has 3 heterocycles. The predicted octanol–water partition coefficient (Wildman–Crippen LogP) is 4.69. The number of H-pyrrole nitrogens is 1. The van der Waals surface area contributed by atoms with Gasteiger partial charge in [0, 0.05) is 42.8 Å². The van der Waals surface area contributed by atoms with E-state index in [1.807, 2.05) is 41.3 Å². The van der Waals surface area contributed by atoms with Crippen LogP contribution in [0.15, 0.2) is 48.5 Å². The number of piperidine rings is 1. The van der Waals surface area contributed by atoms with Gasteiger partial charge in [-0.15, -0.1) is 6.42 Å². The number of fused-ring (bicyclic) bond motifs is 1. The van der Waals surface area contributed by atoms with Gasteiger partial charge in [0.1, 0.15) is 11.4 Å². The Kier molecular flexibility index (Phi) is 5.83. The summed E-state index contributed by atoms with van der Waals surface area (Å²) in [6, 6.07) is 15.0. The van der Waals surface area contributed by atoms with Crippen molar-refractivity contribution in [2.24, 2.45) is 5.73 Å². The number of nitrogens with two attached hydrogens (primary N) is 1. The molecule has 1 saturated carbocycles. The van der Waals surface area contributed by atoms with Crippen LogP contribution in [-0.2, 0) is 10.3 Å². The van der Waals surface area contributed by atoms with Crippen LogP contribution < -0.4 is 16.0 Å². The maximum absolute atomic E-state index is 15.1. The third-order valence-electron chi connectivity index (χ3n) is 7.26. The summed E-state index contributed by atoms with van der Waals surface area (Å²) in [6.45, 7) is 1.02. The molecule has 0 radical (unpaired) electrons. The second-order valence-electron chi connectivity index (χ2n) is 9.72. The van der Waals surface area contributed by atoms with E-state index in [1.54, 1.807) is 12.1 Å². The number of aromatic amines is 1. The van der Waals surface area contributed by atoms with Gasteiger partial charge in [0.25, 0.3) is 0 Å². The molecule has 0 bridgehead atoms. The lowest BCUT2D eigenvalue weighted by molar-refractivity contribution is -0.00678. The van der Waals surface area contributed by atoms with Crippen molar-refractivity contribution in [2.75, 3.05) is 23.3 Å². The van der Waals surface area contributed by atoms with Crippen molar-refractivity contribution in [2.45, 2.75) is 37.2 Å². The Labute approximate surface area is 218 Å². The molecular formula is C28H26FN7O2. The molecule has 4 N–H and O–H groups in total. The van der Waals surface area contributed by atoms with Gasteiger partial charge in [-0.1, -0.05) is 36.3 Å². The van der Waals surface area contributed by atoms with Crippen LogP contribution in [0.2, 0.25) is 0 Å². The molecule has 6 rings (SSSR count). The number of aromatic nitrogens is 4. The van der Waals surface area contributed by atoms with Crippen LogP contribution in [0, 0.1) is 18.2 Å². The molecule has 2 aliphatic rings. The van der Waals surface area contributed by atoms with E-state index in [1.165, 1.54) is 0 Å². The molecule has 1 saturated heterocycles. The Bertz CT molecular complexity index is 1550. The number of benzene rings is 2. The molecular weight excluding hydrogens is 485 g/mol. The first-order valence-corrected chi connectivity index (χ1v) is 12.5. The number of primary amides is 1. The lowest BCUT2D eigenvalue weighted by atomic mass is 9.84. The van der Waals surface area contributed by atoms with E-state index < -0.39 is 17.5 Å². The number of anilines is 3. The highest BCUT2D eigenvalue weighted by atomic mass is 19.1. The minimum atomic E-state index is -0.833. The maximum atomic E-state index is 15.1. The number of ether oxygens (including phenoxy) is 1. The minimum absolute atomic E-state index is 0.0838. The summed E-state index contributed by atoms with van der Waals surface area (Å²) in [5, 5.41) is 10.7. The number of halogens is 1. The van der Waals surface area contributed by atoms with Crippen LogP contribution in [0.1, 0.15) is 48.4 Å². The fourth-order valence-electron chi connectivity index (χ4n) is 5.07. The predicted molar refractivity (Wildman–Crippen MR) is 142 cm³/mol. The van der Waals surface area contributed by atoms with Gasteiger partial charge in [0.05, 0.1) is 11.2 Å². The number of nitrogens with zero attached hydrogens (tertiary/aromatic N) is 4. The van der Waals surface area contributed by atoms with Crippen molar-refractivity contribution in [3.8, 4) is 12.3 Å². The summed E-state index contributed by atoms with van der Waals surface area (Å²) in [5.41, 5.74) is 7.33. The van der Waals surface area contributed by atoms with E-state index in [-0.39, 0.29) is 11.7 Å². The van der Waals surface area contributed by atoms with E-state index in [0.29, 0.717) is 59.9 Å². The highest BCUT2D eigenvalue weighted by Crippen LogP contribution is 2.42. The molecule has 2 aromatic heterocycles. The molecule has 1 aliphatic heterocycles. The van der Waals surface area contributed by atoms with Crippen LogP contribution in [0.3, 0.4) is 0 Å². The van der Waals surface area contributed by atoms with Gasteiger partial charge >= 0.3 is 6.09 Å². The Morgan fingerprint density at radius 3 is 2.61 bits per heavy atom. The Hall–Kier alpha value is -4.65. The second kappa shape index (κ2) is 9.34. The Morgan fingerprint density at radius 1 is 1.16 bits per heavy atom. The molecule has 1 aliphatic carbocycles. The maximum Gasteiger partial charge on any atom is 0.405 e. The molecule has 4 aromatic rings. The average molecular weight is 512 g/mol. The molecule has 0 unspecified atom stereocenters. The van der Waals surface area contributed by atoms with Gasteiger partial charge in [-0.05, 0) is 36.6 Å². The SMILES string of the molecule is C#Cc1ccc2nc(N3CCC(OC(N)=O)(c4ccccc4)CC3)nc(Nc3n[nH]c(C4CC4)c3F)c2c1. The van der Waals surface area contributed by atoms with E-state index in [9.17, 15) is 4.79 Å². The van der Waals surface area contributed by atoms with Crippen molar-refractivity contribution < 1.29 is 13.9 Å². The van der Waals surface area contributed by atoms with Crippen LogP contribution in [0.25, 0.3) is 10.9 Å². The van der Waals surface area contributed by atoms with E-state index in [0.717, 1.165) is 18.4 Å². The van der Waals surface area contributed by atoms with Gasteiger partial charge in [-0.25, -0.2) is 14.2 Å². The summed E-state index contributed by atoms with van der Waals surface area (Å²) in [5.74, 6) is 3.37. The standard InChI is InChI=1S/C28H26FN7O2/c1-2-17-8-11-21-20(16-17)24(32-25-22(29)23(34-35-25)18-9-10-18)33-27(31-21)36-14-12-28(13-15-36,38-26(30)37)19-6-4-3-5-7-19/h1,3-8,11,16,18H,9-10,12-15H2,(H2,30,37)(H2,31,32,33,34,35). The highest BCUT2D eigenvalue weighted by molar-refractivity contribution is 5.92. The zero-order chi connectivity index (χ0) is 26.3.